The molecule has 23 heavy (non-hydrogen) atoms. The van der Waals surface area contributed by atoms with Gasteiger partial charge < -0.3 is 16.3 Å². The van der Waals surface area contributed by atoms with E-state index in [-0.39, 0.29) is 23.1 Å². The number of phenols is 1. The molecule has 0 spiro atoms. The fourth-order valence-corrected chi connectivity index (χ4v) is 2.68. The second-order valence-electron chi connectivity index (χ2n) is 4.87. The number of nitrogens with zero attached hydrogens (tertiary/aromatic N) is 3. The molecule has 0 fully saturated rings. The zero-order valence-corrected chi connectivity index (χ0v) is 14.2. The zero-order valence-electron chi connectivity index (χ0n) is 12.6. The van der Waals surface area contributed by atoms with E-state index in [9.17, 15) is 9.90 Å². The average molecular weight is 356 g/mol. The van der Waals surface area contributed by atoms with Gasteiger partial charge in [-0.2, -0.15) is 0 Å². The van der Waals surface area contributed by atoms with Gasteiger partial charge in [0.15, 0.2) is 5.82 Å². The molecule has 1 amide bonds. The van der Waals surface area contributed by atoms with Crippen LogP contribution in [0.4, 0.5) is 5.69 Å². The van der Waals surface area contributed by atoms with Gasteiger partial charge in [-0.15, -0.1) is 10.2 Å². The summed E-state index contributed by atoms with van der Waals surface area (Å²) in [6.45, 7) is 2.09. The molecule has 1 aromatic heterocycles. The number of nitrogens with one attached hydrogen (secondary N) is 1. The minimum Gasteiger partial charge on any atom is -0.506 e. The van der Waals surface area contributed by atoms with E-state index in [4.69, 9.17) is 17.4 Å². The SMILES string of the molecule is CCCCc1nnc(SCC(=O)Nc2cc(Cl)ccc2O)n1N. The fraction of sp³-hybridized carbons (Fsp3) is 0.357. The van der Waals surface area contributed by atoms with E-state index in [1.165, 1.54) is 34.6 Å². The lowest BCUT2D eigenvalue weighted by molar-refractivity contribution is -0.113. The van der Waals surface area contributed by atoms with Gasteiger partial charge in [-0.25, -0.2) is 4.68 Å². The fourth-order valence-electron chi connectivity index (χ4n) is 1.84. The second-order valence-corrected chi connectivity index (χ2v) is 6.25. The number of anilines is 1. The highest BCUT2D eigenvalue weighted by Crippen LogP contribution is 2.27. The maximum atomic E-state index is 12.0. The molecule has 0 radical (unpaired) electrons. The van der Waals surface area contributed by atoms with Crippen molar-refractivity contribution in [3.05, 3.63) is 29.0 Å². The van der Waals surface area contributed by atoms with Crippen LogP contribution in [-0.4, -0.2) is 31.6 Å². The standard InChI is InChI=1S/C14H18ClN5O2S/c1-2-3-4-12-18-19-14(20(12)16)23-8-13(22)17-10-7-9(15)5-6-11(10)21/h5-7,21H,2-4,8,16H2,1H3,(H,17,22). The van der Waals surface area contributed by atoms with E-state index >= 15 is 0 Å². The first kappa shape index (κ1) is 17.4. The monoisotopic (exact) mass is 355 g/mol. The number of hydrogen-bond donors (Lipinski definition) is 3. The zero-order chi connectivity index (χ0) is 16.8. The van der Waals surface area contributed by atoms with E-state index in [0.717, 1.165) is 19.3 Å². The van der Waals surface area contributed by atoms with E-state index in [1.54, 1.807) is 0 Å². The Morgan fingerprint density at radius 3 is 3.00 bits per heavy atom. The van der Waals surface area contributed by atoms with Crippen molar-refractivity contribution in [3.8, 4) is 5.75 Å². The van der Waals surface area contributed by atoms with Crippen molar-refractivity contribution in [2.75, 3.05) is 16.9 Å². The number of rotatable bonds is 7. The summed E-state index contributed by atoms with van der Waals surface area (Å²) in [7, 11) is 0. The van der Waals surface area contributed by atoms with Gasteiger partial charge in [-0.1, -0.05) is 36.7 Å². The number of nitrogen functional groups attached to an aromatic ring is 1. The van der Waals surface area contributed by atoms with Gasteiger partial charge in [-0.3, -0.25) is 4.79 Å². The van der Waals surface area contributed by atoms with Crippen LogP contribution >= 0.6 is 23.4 Å². The van der Waals surface area contributed by atoms with Gasteiger partial charge in [0.25, 0.3) is 0 Å². The molecule has 0 atom stereocenters. The Hall–Kier alpha value is -1.93. The minimum absolute atomic E-state index is 0.0448. The summed E-state index contributed by atoms with van der Waals surface area (Å²) in [5.74, 6) is 6.35. The summed E-state index contributed by atoms with van der Waals surface area (Å²) >= 11 is 7.01. The highest BCUT2D eigenvalue weighted by atomic mass is 35.5. The summed E-state index contributed by atoms with van der Waals surface area (Å²) < 4.78 is 1.41. The summed E-state index contributed by atoms with van der Waals surface area (Å²) in [5, 5.41) is 21.2. The quantitative estimate of drug-likeness (QED) is 0.400. The lowest BCUT2D eigenvalue weighted by atomic mass is 10.2. The summed E-state index contributed by atoms with van der Waals surface area (Å²) in [4.78, 5) is 12.0. The molecule has 2 aromatic rings. The molecular weight excluding hydrogens is 338 g/mol. The van der Waals surface area contributed by atoms with Crippen LogP contribution in [0.1, 0.15) is 25.6 Å². The van der Waals surface area contributed by atoms with Crippen molar-refractivity contribution in [2.24, 2.45) is 0 Å². The van der Waals surface area contributed by atoms with Crippen LogP contribution < -0.4 is 11.2 Å². The van der Waals surface area contributed by atoms with Crippen LogP contribution in [0.3, 0.4) is 0 Å². The Morgan fingerprint density at radius 1 is 1.48 bits per heavy atom. The third-order valence-electron chi connectivity index (χ3n) is 3.05. The van der Waals surface area contributed by atoms with Crippen LogP contribution in [-0.2, 0) is 11.2 Å². The maximum absolute atomic E-state index is 12.0. The summed E-state index contributed by atoms with van der Waals surface area (Å²) in [6.07, 6.45) is 2.78. The first-order valence-corrected chi connectivity index (χ1v) is 8.48. The van der Waals surface area contributed by atoms with E-state index in [2.05, 4.69) is 22.4 Å². The molecule has 0 aliphatic carbocycles. The number of aryl methyl sites for hydroxylation is 1. The minimum atomic E-state index is -0.300. The number of unbranched alkanes of at least 4 members (excludes halogenated alkanes) is 1. The highest BCUT2D eigenvalue weighted by molar-refractivity contribution is 7.99. The number of halogens is 1. The molecule has 2 rings (SSSR count). The van der Waals surface area contributed by atoms with Gasteiger partial charge in [0.1, 0.15) is 5.75 Å². The third kappa shape index (κ3) is 4.77. The molecule has 0 bridgehead atoms. The van der Waals surface area contributed by atoms with Crippen LogP contribution in [0.25, 0.3) is 0 Å². The first-order chi connectivity index (χ1) is 11.0. The second kappa shape index (κ2) is 8.07. The van der Waals surface area contributed by atoms with E-state index in [0.29, 0.717) is 16.0 Å². The molecule has 9 heteroatoms. The van der Waals surface area contributed by atoms with Crippen molar-refractivity contribution >= 4 is 35.0 Å². The van der Waals surface area contributed by atoms with Gasteiger partial charge in [-0.05, 0) is 24.6 Å². The van der Waals surface area contributed by atoms with Gasteiger partial charge in [0.05, 0.1) is 11.4 Å². The molecule has 7 nitrogen and oxygen atoms in total. The smallest absolute Gasteiger partial charge is 0.234 e. The number of aromatic hydroxyl groups is 1. The lowest BCUT2D eigenvalue weighted by Crippen LogP contribution is -2.17. The van der Waals surface area contributed by atoms with Crippen molar-refractivity contribution in [3.63, 3.8) is 0 Å². The normalized spacial score (nSPS) is 10.7. The summed E-state index contributed by atoms with van der Waals surface area (Å²) in [5.41, 5.74) is 0.265. The van der Waals surface area contributed by atoms with E-state index < -0.39 is 0 Å². The maximum Gasteiger partial charge on any atom is 0.234 e. The number of carbonyl (C=O) groups excluding carboxylic acids is 1. The number of nitrogens with two attached hydrogens (primary N) is 1. The Morgan fingerprint density at radius 2 is 2.26 bits per heavy atom. The summed E-state index contributed by atoms with van der Waals surface area (Å²) in [6, 6.07) is 4.44. The molecular formula is C14H18ClN5O2S. The molecule has 0 unspecified atom stereocenters. The van der Waals surface area contributed by atoms with Crippen LogP contribution in [0, 0.1) is 0 Å². The largest absolute Gasteiger partial charge is 0.506 e. The molecule has 1 heterocycles. The Bertz CT molecular complexity index is 692. The lowest BCUT2D eigenvalue weighted by Gasteiger charge is -2.07. The highest BCUT2D eigenvalue weighted by Gasteiger charge is 2.13. The van der Waals surface area contributed by atoms with Crippen molar-refractivity contribution < 1.29 is 9.90 Å². The topological polar surface area (TPSA) is 106 Å². The molecule has 4 N–H and O–H groups in total. The molecule has 1 aromatic carbocycles. The predicted molar refractivity (Wildman–Crippen MR) is 91.3 cm³/mol. The number of carbonyl (C=O) groups is 1. The number of aromatic nitrogens is 3. The molecule has 0 saturated carbocycles. The van der Waals surface area contributed by atoms with Crippen LogP contribution in [0.5, 0.6) is 5.75 Å². The Labute approximate surface area is 143 Å². The van der Waals surface area contributed by atoms with Crippen LogP contribution in [0.15, 0.2) is 23.4 Å². The number of hydrogen-bond acceptors (Lipinski definition) is 6. The first-order valence-electron chi connectivity index (χ1n) is 7.11. The van der Waals surface area contributed by atoms with Crippen LogP contribution in [0.2, 0.25) is 5.02 Å². The predicted octanol–water partition coefficient (Wildman–Crippen LogP) is 2.42. The molecule has 0 saturated heterocycles. The number of benzene rings is 1. The number of thioether (sulfide) groups is 1. The Kier molecular flexibility index (Phi) is 6.12. The van der Waals surface area contributed by atoms with E-state index in [1.807, 2.05) is 0 Å². The van der Waals surface area contributed by atoms with Crippen molar-refractivity contribution in [1.82, 2.24) is 14.9 Å². The Balaban J connectivity index is 1.92. The number of amides is 1. The number of phenolic OH excluding ortho intramolecular Hbond substituents is 1. The molecule has 0 aliphatic rings. The van der Waals surface area contributed by atoms with Gasteiger partial charge in [0, 0.05) is 11.4 Å². The third-order valence-corrected chi connectivity index (χ3v) is 4.23. The van der Waals surface area contributed by atoms with Crippen molar-refractivity contribution in [1.29, 1.82) is 0 Å². The molecule has 124 valence electrons. The van der Waals surface area contributed by atoms with Crippen molar-refractivity contribution in [2.45, 2.75) is 31.3 Å². The average Bonchev–Trinajstić information content (AvgIpc) is 2.87. The van der Waals surface area contributed by atoms with Gasteiger partial charge >= 0.3 is 0 Å². The molecule has 0 aliphatic heterocycles. The van der Waals surface area contributed by atoms with Gasteiger partial charge in [0.2, 0.25) is 11.1 Å².